The molecule has 1 amide bonds. The predicted octanol–water partition coefficient (Wildman–Crippen LogP) is 0.919. The van der Waals surface area contributed by atoms with Gasteiger partial charge in [0.1, 0.15) is 0 Å². The van der Waals surface area contributed by atoms with Gasteiger partial charge in [0.05, 0.1) is 18.7 Å². The second-order valence-electron chi connectivity index (χ2n) is 5.89. The monoisotopic (exact) mass is 278 g/mol. The summed E-state index contributed by atoms with van der Waals surface area (Å²) in [5.41, 5.74) is 0. The largest absolute Gasteiger partial charge is 0.339 e. The van der Waals surface area contributed by atoms with Crippen molar-refractivity contribution in [2.24, 2.45) is 0 Å². The molecule has 0 N–H and O–H groups in total. The first-order chi connectivity index (χ1) is 9.72. The molecule has 0 aromatic rings. The molecule has 2 aliphatic rings. The van der Waals surface area contributed by atoms with Crippen molar-refractivity contribution in [3.8, 4) is 6.07 Å². The highest BCUT2D eigenvalue weighted by atomic mass is 16.2. The van der Waals surface area contributed by atoms with Crippen molar-refractivity contribution >= 4 is 5.91 Å². The number of rotatable bonds is 3. The maximum absolute atomic E-state index is 12.6. The number of likely N-dealkylation sites (tertiary alicyclic amines) is 1. The summed E-state index contributed by atoms with van der Waals surface area (Å²) >= 11 is 0. The summed E-state index contributed by atoms with van der Waals surface area (Å²) in [4.78, 5) is 19.0. The van der Waals surface area contributed by atoms with Gasteiger partial charge in [0, 0.05) is 26.2 Å². The van der Waals surface area contributed by atoms with Gasteiger partial charge in [-0.1, -0.05) is 12.8 Å². The van der Waals surface area contributed by atoms with Crippen molar-refractivity contribution in [1.29, 1.82) is 5.26 Å². The molecule has 0 bridgehead atoms. The topological polar surface area (TPSA) is 50.6 Å². The van der Waals surface area contributed by atoms with Crippen molar-refractivity contribution in [2.45, 2.75) is 38.6 Å². The lowest BCUT2D eigenvalue weighted by Crippen LogP contribution is -2.54. The Morgan fingerprint density at radius 1 is 1.05 bits per heavy atom. The van der Waals surface area contributed by atoms with Gasteiger partial charge in [0.25, 0.3) is 0 Å². The van der Waals surface area contributed by atoms with E-state index in [4.69, 9.17) is 5.26 Å². The Kier molecular flexibility index (Phi) is 5.81. The zero-order valence-electron chi connectivity index (χ0n) is 12.6. The lowest BCUT2D eigenvalue weighted by atomic mass is 10.2. The van der Waals surface area contributed by atoms with Crippen LogP contribution in [0.5, 0.6) is 0 Å². The van der Waals surface area contributed by atoms with Gasteiger partial charge in [0.15, 0.2) is 0 Å². The third-order valence-corrected chi connectivity index (χ3v) is 4.52. The minimum Gasteiger partial charge on any atom is -0.339 e. The van der Waals surface area contributed by atoms with Gasteiger partial charge in [-0.2, -0.15) is 5.26 Å². The summed E-state index contributed by atoms with van der Waals surface area (Å²) in [7, 11) is 0. The molecule has 0 spiro atoms. The van der Waals surface area contributed by atoms with E-state index in [1.54, 1.807) is 0 Å². The molecule has 0 aromatic carbocycles. The lowest BCUT2D eigenvalue weighted by molar-refractivity contribution is -0.138. The fourth-order valence-corrected chi connectivity index (χ4v) is 3.13. The van der Waals surface area contributed by atoms with Crippen LogP contribution in [0.25, 0.3) is 0 Å². The highest BCUT2D eigenvalue weighted by molar-refractivity contribution is 5.81. The van der Waals surface area contributed by atoms with Gasteiger partial charge in [-0.25, -0.2) is 0 Å². The van der Waals surface area contributed by atoms with Gasteiger partial charge in [-0.3, -0.25) is 14.6 Å². The summed E-state index contributed by atoms with van der Waals surface area (Å²) in [6, 6.07) is 2.19. The van der Waals surface area contributed by atoms with Crippen LogP contribution in [-0.2, 0) is 4.79 Å². The molecule has 2 aliphatic heterocycles. The van der Waals surface area contributed by atoms with Crippen LogP contribution in [-0.4, -0.2) is 72.5 Å². The van der Waals surface area contributed by atoms with E-state index in [2.05, 4.69) is 22.8 Å². The van der Waals surface area contributed by atoms with Gasteiger partial charge in [-0.15, -0.1) is 0 Å². The van der Waals surface area contributed by atoms with Crippen LogP contribution in [0.1, 0.15) is 32.6 Å². The molecule has 0 aromatic heterocycles. The number of piperazine rings is 1. The number of hydrogen-bond donors (Lipinski definition) is 0. The van der Waals surface area contributed by atoms with Crippen molar-refractivity contribution in [3.05, 3.63) is 0 Å². The fourth-order valence-electron chi connectivity index (χ4n) is 3.13. The summed E-state index contributed by atoms with van der Waals surface area (Å²) < 4.78 is 0. The number of amides is 1. The zero-order valence-corrected chi connectivity index (χ0v) is 12.6. The smallest absolute Gasteiger partial charge is 0.239 e. The first-order valence-corrected chi connectivity index (χ1v) is 7.84. The molecule has 0 unspecified atom stereocenters. The molecule has 2 heterocycles. The third-order valence-electron chi connectivity index (χ3n) is 4.52. The summed E-state index contributed by atoms with van der Waals surface area (Å²) in [5.74, 6) is 0.267. The van der Waals surface area contributed by atoms with Crippen LogP contribution >= 0.6 is 0 Å². The van der Waals surface area contributed by atoms with E-state index in [9.17, 15) is 4.79 Å². The number of hydrogen-bond acceptors (Lipinski definition) is 4. The average Bonchev–Trinajstić information content (AvgIpc) is 2.76. The van der Waals surface area contributed by atoms with E-state index in [1.165, 1.54) is 25.7 Å². The Morgan fingerprint density at radius 2 is 1.65 bits per heavy atom. The quantitative estimate of drug-likeness (QED) is 0.720. The van der Waals surface area contributed by atoms with Gasteiger partial charge >= 0.3 is 0 Å². The predicted molar refractivity (Wildman–Crippen MR) is 78.1 cm³/mol. The second-order valence-corrected chi connectivity index (χ2v) is 5.89. The Morgan fingerprint density at radius 3 is 2.20 bits per heavy atom. The minimum absolute atomic E-state index is 0.00983. The zero-order chi connectivity index (χ0) is 14.4. The van der Waals surface area contributed by atoms with E-state index in [-0.39, 0.29) is 11.9 Å². The van der Waals surface area contributed by atoms with Crippen LogP contribution in [0.15, 0.2) is 0 Å². The van der Waals surface area contributed by atoms with E-state index < -0.39 is 0 Å². The van der Waals surface area contributed by atoms with Crippen LogP contribution in [0.3, 0.4) is 0 Å². The normalized spacial score (nSPS) is 23.9. The number of nitriles is 1. The molecule has 0 radical (unpaired) electrons. The van der Waals surface area contributed by atoms with Gasteiger partial charge in [-0.05, 0) is 32.9 Å². The lowest BCUT2D eigenvalue weighted by Gasteiger charge is -2.37. The number of carbonyl (C=O) groups is 1. The minimum atomic E-state index is 0.00983. The standard InChI is InChI=1S/C15H26N4O/c1-14(18-7-4-2-3-5-8-18)15(20)19-12-10-17(9-6-16)11-13-19/h14H,2-5,7-13H2,1H3/t14-/m1/s1. The molecule has 1 atom stereocenters. The van der Waals surface area contributed by atoms with Crippen molar-refractivity contribution in [3.63, 3.8) is 0 Å². The van der Waals surface area contributed by atoms with Crippen LogP contribution in [0, 0.1) is 11.3 Å². The van der Waals surface area contributed by atoms with Crippen LogP contribution in [0.4, 0.5) is 0 Å². The molecule has 5 nitrogen and oxygen atoms in total. The maximum Gasteiger partial charge on any atom is 0.239 e. The molecule has 0 aliphatic carbocycles. The average molecular weight is 278 g/mol. The molecule has 20 heavy (non-hydrogen) atoms. The first kappa shape index (κ1) is 15.3. The Bertz CT molecular complexity index is 349. The molecule has 2 fully saturated rings. The molecule has 5 heteroatoms. The van der Waals surface area contributed by atoms with Crippen LogP contribution < -0.4 is 0 Å². The summed E-state index contributed by atoms with van der Waals surface area (Å²) in [5, 5.41) is 8.70. The third kappa shape index (κ3) is 3.94. The van der Waals surface area contributed by atoms with E-state index >= 15 is 0 Å². The molecule has 2 rings (SSSR count). The van der Waals surface area contributed by atoms with E-state index in [1.807, 2.05) is 4.90 Å². The first-order valence-electron chi connectivity index (χ1n) is 7.84. The molecule has 112 valence electrons. The highest BCUT2D eigenvalue weighted by Crippen LogP contribution is 2.14. The number of nitrogens with zero attached hydrogens (tertiary/aromatic N) is 4. The molecule has 0 saturated carbocycles. The Labute approximate surface area is 122 Å². The second kappa shape index (κ2) is 7.61. The van der Waals surface area contributed by atoms with Crippen LogP contribution in [0.2, 0.25) is 0 Å². The molecule has 2 saturated heterocycles. The Balaban J connectivity index is 1.83. The fraction of sp³-hybridized carbons (Fsp3) is 0.867. The summed E-state index contributed by atoms with van der Waals surface area (Å²) in [6.45, 7) is 7.82. The van der Waals surface area contributed by atoms with Crippen molar-refractivity contribution in [1.82, 2.24) is 14.7 Å². The summed E-state index contributed by atoms with van der Waals surface area (Å²) in [6.07, 6.45) is 5.02. The van der Waals surface area contributed by atoms with E-state index in [0.29, 0.717) is 6.54 Å². The maximum atomic E-state index is 12.6. The van der Waals surface area contributed by atoms with E-state index in [0.717, 1.165) is 39.3 Å². The van der Waals surface area contributed by atoms with Crippen molar-refractivity contribution in [2.75, 3.05) is 45.8 Å². The SMILES string of the molecule is C[C@H](C(=O)N1CCN(CC#N)CC1)N1CCCCCC1. The van der Waals surface area contributed by atoms with Crippen molar-refractivity contribution < 1.29 is 4.79 Å². The van der Waals surface area contributed by atoms with Gasteiger partial charge < -0.3 is 4.90 Å². The number of carbonyl (C=O) groups excluding carboxylic acids is 1. The molecular formula is C15H26N4O. The molecular weight excluding hydrogens is 252 g/mol. The Hall–Kier alpha value is -1.12. The highest BCUT2D eigenvalue weighted by Gasteiger charge is 2.28. The van der Waals surface area contributed by atoms with Gasteiger partial charge in [0.2, 0.25) is 5.91 Å².